The van der Waals surface area contributed by atoms with E-state index in [2.05, 4.69) is 4.90 Å². The average molecular weight is 398 g/mol. The van der Waals surface area contributed by atoms with E-state index >= 15 is 0 Å². The highest BCUT2D eigenvalue weighted by Crippen LogP contribution is 2.31. The molecule has 5 nitrogen and oxygen atoms in total. The standard InChI is InChI=1S/C23H27FN2O3/c1-16-12-25(13-18-7-8-19(28-2)11-22(18)29-16)15-23(27)26-10-9-17(14-26)20-5-3-4-6-21(20)24/h3-8,11,16-17H,9-10,12-15H2,1-2H3. The number of carbonyl (C=O) groups excluding carboxylic acids is 1. The quantitative estimate of drug-likeness (QED) is 0.791. The van der Waals surface area contributed by atoms with Gasteiger partial charge in [-0.2, -0.15) is 0 Å². The van der Waals surface area contributed by atoms with E-state index in [1.54, 1.807) is 13.2 Å². The summed E-state index contributed by atoms with van der Waals surface area (Å²) in [5.74, 6) is 1.55. The molecule has 0 aromatic heterocycles. The second kappa shape index (κ2) is 8.41. The molecule has 2 heterocycles. The van der Waals surface area contributed by atoms with Crippen molar-refractivity contribution >= 4 is 5.91 Å². The molecule has 0 saturated carbocycles. The number of nitrogens with zero attached hydrogens (tertiary/aromatic N) is 2. The molecule has 0 aliphatic carbocycles. The van der Waals surface area contributed by atoms with E-state index in [9.17, 15) is 9.18 Å². The van der Waals surface area contributed by atoms with Gasteiger partial charge in [-0.1, -0.05) is 24.3 Å². The number of hydrogen-bond acceptors (Lipinski definition) is 4. The second-order valence-corrected chi connectivity index (χ2v) is 7.92. The molecule has 0 bridgehead atoms. The number of halogens is 1. The molecule has 6 heteroatoms. The predicted molar refractivity (Wildman–Crippen MR) is 109 cm³/mol. The van der Waals surface area contributed by atoms with Crippen LogP contribution in [0.5, 0.6) is 11.5 Å². The fourth-order valence-corrected chi connectivity index (χ4v) is 4.28. The Kier molecular flexibility index (Phi) is 5.72. The molecule has 2 aromatic carbocycles. The van der Waals surface area contributed by atoms with E-state index in [-0.39, 0.29) is 23.7 Å². The molecule has 4 rings (SSSR count). The number of amides is 1. The van der Waals surface area contributed by atoms with Crippen LogP contribution in [-0.2, 0) is 11.3 Å². The third-order valence-corrected chi connectivity index (χ3v) is 5.76. The van der Waals surface area contributed by atoms with Crippen molar-refractivity contribution in [3.05, 3.63) is 59.4 Å². The van der Waals surface area contributed by atoms with Gasteiger partial charge in [0, 0.05) is 43.7 Å². The topological polar surface area (TPSA) is 42.0 Å². The van der Waals surface area contributed by atoms with Crippen LogP contribution in [0.4, 0.5) is 4.39 Å². The fraction of sp³-hybridized carbons (Fsp3) is 0.435. The molecule has 0 N–H and O–H groups in total. The van der Waals surface area contributed by atoms with Crippen LogP contribution in [-0.4, -0.2) is 55.1 Å². The Morgan fingerprint density at radius 1 is 1.24 bits per heavy atom. The highest BCUT2D eigenvalue weighted by atomic mass is 19.1. The van der Waals surface area contributed by atoms with Crippen molar-refractivity contribution in [2.24, 2.45) is 0 Å². The number of likely N-dealkylation sites (tertiary alicyclic amines) is 1. The molecule has 1 fully saturated rings. The second-order valence-electron chi connectivity index (χ2n) is 7.92. The van der Waals surface area contributed by atoms with Crippen molar-refractivity contribution in [2.75, 3.05) is 33.3 Å². The minimum atomic E-state index is -0.183. The molecule has 1 amide bonds. The van der Waals surface area contributed by atoms with E-state index in [1.165, 1.54) is 6.07 Å². The lowest BCUT2D eigenvalue weighted by Gasteiger charge is -2.24. The molecule has 29 heavy (non-hydrogen) atoms. The normalized spacial score (nSPS) is 22.0. The highest BCUT2D eigenvalue weighted by Gasteiger charge is 2.30. The zero-order chi connectivity index (χ0) is 20.4. The summed E-state index contributed by atoms with van der Waals surface area (Å²) in [4.78, 5) is 16.9. The largest absolute Gasteiger partial charge is 0.497 e. The first kappa shape index (κ1) is 19.7. The van der Waals surface area contributed by atoms with Crippen LogP contribution < -0.4 is 9.47 Å². The summed E-state index contributed by atoms with van der Waals surface area (Å²) in [6.07, 6.45) is 0.773. The van der Waals surface area contributed by atoms with Gasteiger partial charge >= 0.3 is 0 Å². The van der Waals surface area contributed by atoms with Gasteiger partial charge in [0.1, 0.15) is 23.4 Å². The summed E-state index contributed by atoms with van der Waals surface area (Å²) in [5, 5.41) is 0. The first-order valence-corrected chi connectivity index (χ1v) is 10.1. The Bertz CT molecular complexity index is 888. The third kappa shape index (κ3) is 4.37. The van der Waals surface area contributed by atoms with Crippen molar-refractivity contribution in [1.82, 2.24) is 9.80 Å². The maximum Gasteiger partial charge on any atom is 0.236 e. The van der Waals surface area contributed by atoms with E-state index < -0.39 is 0 Å². The average Bonchev–Trinajstić information content (AvgIpc) is 3.13. The van der Waals surface area contributed by atoms with Crippen LogP contribution >= 0.6 is 0 Å². The molecule has 0 radical (unpaired) electrons. The lowest BCUT2D eigenvalue weighted by molar-refractivity contribution is -0.131. The van der Waals surface area contributed by atoms with Gasteiger partial charge in [0.15, 0.2) is 0 Å². The van der Waals surface area contributed by atoms with Crippen LogP contribution in [0, 0.1) is 5.82 Å². The van der Waals surface area contributed by atoms with Gasteiger partial charge in [-0.15, -0.1) is 0 Å². The minimum Gasteiger partial charge on any atom is -0.497 e. The van der Waals surface area contributed by atoms with Gasteiger partial charge in [-0.3, -0.25) is 9.69 Å². The van der Waals surface area contributed by atoms with Gasteiger partial charge in [-0.25, -0.2) is 4.39 Å². The van der Waals surface area contributed by atoms with Gasteiger partial charge in [0.05, 0.1) is 13.7 Å². The molecular weight excluding hydrogens is 371 g/mol. The zero-order valence-electron chi connectivity index (χ0n) is 16.9. The van der Waals surface area contributed by atoms with Crippen molar-refractivity contribution < 1.29 is 18.7 Å². The number of carbonyl (C=O) groups is 1. The summed E-state index contributed by atoms with van der Waals surface area (Å²) in [6, 6.07) is 12.7. The monoisotopic (exact) mass is 398 g/mol. The Hall–Kier alpha value is -2.60. The number of methoxy groups -OCH3 is 1. The van der Waals surface area contributed by atoms with Crippen LogP contribution in [0.3, 0.4) is 0 Å². The number of ether oxygens (including phenoxy) is 2. The van der Waals surface area contributed by atoms with Gasteiger partial charge in [0.2, 0.25) is 5.91 Å². The molecule has 0 spiro atoms. The first-order valence-electron chi connectivity index (χ1n) is 10.1. The van der Waals surface area contributed by atoms with Crippen LogP contribution in [0.1, 0.15) is 30.4 Å². The van der Waals surface area contributed by atoms with Crippen molar-refractivity contribution in [3.8, 4) is 11.5 Å². The summed E-state index contributed by atoms with van der Waals surface area (Å²) >= 11 is 0. The molecular formula is C23H27FN2O3. The van der Waals surface area contributed by atoms with Crippen LogP contribution in [0.15, 0.2) is 42.5 Å². The summed E-state index contributed by atoms with van der Waals surface area (Å²) in [7, 11) is 1.64. The molecule has 2 unspecified atom stereocenters. The maximum atomic E-state index is 14.1. The summed E-state index contributed by atoms with van der Waals surface area (Å²) in [5.41, 5.74) is 1.76. The molecule has 2 aromatic rings. The Labute approximate surface area is 171 Å². The lowest BCUT2D eigenvalue weighted by atomic mass is 9.98. The van der Waals surface area contributed by atoms with E-state index in [4.69, 9.17) is 9.47 Å². The van der Waals surface area contributed by atoms with Gasteiger partial charge in [-0.05, 0) is 31.0 Å². The Balaban J connectivity index is 1.41. The van der Waals surface area contributed by atoms with E-state index in [1.807, 2.05) is 42.2 Å². The minimum absolute atomic E-state index is 0.0269. The smallest absolute Gasteiger partial charge is 0.236 e. The van der Waals surface area contributed by atoms with E-state index in [0.29, 0.717) is 38.3 Å². The van der Waals surface area contributed by atoms with Crippen molar-refractivity contribution in [2.45, 2.75) is 31.9 Å². The lowest BCUT2D eigenvalue weighted by Crippen LogP contribution is -2.41. The first-order chi connectivity index (χ1) is 14.0. The Morgan fingerprint density at radius 2 is 2.07 bits per heavy atom. The highest BCUT2D eigenvalue weighted by molar-refractivity contribution is 5.78. The van der Waals surface area contributed by atoms with Crippen molar-refractivity contribution in [3.63, 3.8) is 0 Å². The molecule has 1 saturated heterocycles. The van der Waals surface area contributed by atoms with Gasteiger partial charge < -0.3 is 14.4 Å². The SMILES string of the molecule is COc1ccc2c(c1)OC(C)CN(CC(=O)N1CCC(c3ccccc3F)C1)C2. The summed E-state index contributed by atoms with van der Waals surface area (Å²) < 4.78 is 25.4. The molecule has 154 valence electrons. The maximum absolute atomic E-state index is 14.1. The number of fused-ring (bicyclic) bond motifs is 1. The van der Waals surface area contributed by atoms with Gasteiger partial charge in [0.25, 0.3) is 0 Å². The summed E-state index contributed by atoms with van der Waals surface area (Å²) in [6.45, 7) is 4.92. The van der Waals surface area contributed by atoms with E-state index in [0.717, 1.165) is 23.5 Å². The number of rotatable bonds is 4. The molecule has 2 atom stereocenters. The third-order valence-electron chi connectivity index (χ3n) is 5.76. The number of hydrogen-bond donors (Lipinski definition) is 0. The number of benzene rings is 2. The zero-order valence-corrected chi connectivity index (χ0v) is 16.9. The molecule has 2 aliphatic heterocycles. The fourth-order valence-electron chi connectivity index (χ4n) is 4.28. The molecule has 2 aliphatic rings. The Morgan fingerprint density at radius 3 is 2.86 bits per heavy atom. The van der Waals surface area contributed by atoms with Crippen molar-refractivity contribution in [1.29, 1.82) is 0 Å². The predicted octanol–water partition coefficient (Wildman–Crippen LogP) is 3.43. The van der Waals surface area contributed by atoms with Crippen LogP contribution in [0.2, 0.25) is 0 Å². The van der Waals surface area contributed by atoms with Crippen LogP contribution in [0.25, 0.3) is 0 Å².